The van der Waals surface area contributed by atoms with E-state index in [2.05, 4.69) is 69.8 Å². The Morgan fingerprint density at radius 3 is 2.81 bits per heavy atom. The Morgan fingerprint density at radius 1 is 1.13 bits per heavy atom. The van der Waals surface area contributed by atoms with Gasteiger partial charge >= 0.3 is 0 Å². The molecule has 1 aliphatic rings. The number of pyridine rings is 1. The number of aryl methyl sites for hydroxylation is 1. The zero-order valence-electron chi connectivity index (χ0n) is 17.8. The van der Waals surface area contributed by atoms with Gasteiger partial charge < -0.3 is 9.88 Å². The highest BCUT2D eigenvalue weighted by atomic mass is 16.1. The predicted octanol–water partition coefficient (Wildman–Crippen LogP) is 4.12. The quantitative estimate of drug-likeness (QED) is 0.533. The van der Waals surface area contributed by atoms with Crippen LogP contribution in [0.3, 0.4) is 0 Å². The summed E-state index contributed by atoms with van der Waals surface area (Å²) in [5.41, 5.74) is 5.18. The van der Waals surface area contributed by atoms with E-state index in [1.54, 1.807) is 6.20 Å². The van der Waals surface area contributed by atoms with Gasteiger partial charge in [-0.25, -0.2) is 4.68 Å². The fourth-order valence-electron chi connectivity index (χ4n) is 4.50. The number of aromatic nitrogens is 5. The maximum Gasteiger partial charge on any atom is 0.219 e. The Hall–Kier alpha value is -3.48. The van der Waals surface area contributed by atoms with Crippen LogP contribution in [-0.2, 0) is 11.8 Å². The standard InChI is InChI=1S/C24H26N6O/c1-3-24(31)27-19-7-8-20(13-19)30-23(15-26-28-30)18-6-9-21(25-14-18)17-5-4-16-10-11-29(2)22(16)12-17/h4-6,9-12,14-15,19-20H,3,7-8,13H2,1-2H3,(H,27,31). The van der Waals surface area contributed by atoms with Gasteiger partial charge in [-0.3, -0.25) is 9.78 Å². The second-order valence-electron chi connectivity index (χ2n) is 8.28. The van der Waals surface area contributed by atoms with Crippen LogP contribution >= 0.6 is 0 Å². The monoisotopic (exact) mass is 414 g/mol. The number of amides is 1. The number of nitrogens with one attached hydrogen (secondary N) is 1. The molecule has 31 heavy (non-hydrogen) atoms. The molecule has 3 aromatic heterocycles. The van der Waals surface area contributed by atoms with Gasteiger partial charge in [0.05, 0.1) is 23.6 Å². The molecule has 7 heteroatoms. The fraction of sp³-hybridized carbons (Fsp3) is 0.333. The number of hydrogen-bond donors (Lipinski definition) is 1. The minimum Gasteiger partial charge on any atom is -0.353 e. The van der Waals surface area contributed by atoms with Gasteiger partial charge in [-0.1, -0.05) is 24.3 Å². The maximum absolute atomic E-state index is 11.7. The molecule has 0 bridgehead atoms. The van der Waals surface area contributed by atoms with Gasteiger partial charge in [0.2, 0.25) is 5.91 Å². The van der Waals surface area contributed by atoms with Gasteiger partial charge in [-0.2, -0.15) is 0 Å². The van der Waals surface area contributed by atoms with Crippen molar-refractivity contribution in [2.75, 3.05) is 0 Å². The summed E-state index contributed by atoms with van der Waals surface area (Å²) in [5.74, 6) is 0.109. The van der Waals surface area contributed by atoms with Crippen molar-refractivity contribution in [3.63, 3.8) is 0 Å². The van der Waals surface area contributed by atoms with E-state index < -0.39 is 0 Å². The first-order valence-electron chi connectivity index (χ1n) is 10.8. The van der Waals surface area contributed by atoms with Gasteiger partial charge in [-0.05, 0) is 48.9 Å². The Labute approximate surface area is 181 Å². The van der Waals surface area contributed by atoms with Crippen molar-refractivity contribution in [3.8, 4) is 22.5 Å². The number of fused-ring (bicyclic) bond motifs is 1. The van der Waals surface area contributed by atoms with Crippen LogP contribution in [0.2, 0.25) is 0 Å². The summed E-state index contributed by atoms with van der Waals surface area (Å²) in [6, 6.07) is 13.1. The third kappa shape index (κ3) is 3.71. The Bertz CT molecular complexity index is 1220. The van der Waals surface area contributed by atoms with Crippen molar-refractivity contribution in [1.82, 2.24) is 29.9 Å². The lowest BCUT2D eigenvalue weighted by Crippen LogP contribution is -2.32. The van der Waals surface area contributed by atoms with E-state index in [1.165, 1.54) is 10.9 Å². The first-order valence-corrected chi connectivity index (χ1v) is 10.8. The Morgan fingerprint density at radius 2 is 2.00 bits per heavy atom. The second-order valence-corrected chi connectivity index (χ2v) is 8.28. The molecule has 0 spiro atoms. The summed E-state index contributed by atoms with van der Waals surface area (Å²) in [6.07, 6.45) is 9.10. The Balaban J connectivity index is 1.37. The van der Waals surface area contributed by atoms with Crippen molar-refractivity contribution < 1.29 is 4.79 Å². The minimum absolute atomic E-state index is 0.109. The van der Waals surface area contributed by atoms with E-state index in [9.17, 15) is 4.79 Å². The van der Waals surface area contributed by atoms with Crippen LogP contribution in [0.15, 0.2) is 55.0 Å². The van der Waals surface area contributed by atoms with Crippen molar-refractivity contribution in [1.29, 1.82) is 0 Å². The first-order chi connectivity index (χ1) is 15.1. The van der Waals surface area contributed by atoms with Gasteiger partial charge in [0.25, 0.3) is 0 Å². The molecule has 0 saturated heterocycles. The van der Waals surface area contributed by atoms with Gasteiger partial charge in [0.1, 0.15) is 0 Å². The van der Waals surface area contributed by atoms with E-state index in [-0.39, 0.29) is 18.0 Å². The number of carbonyl (C=O) groups is 1. The highest BCUT2D eigenvalue weighted by Crippen LogP contribution is 2.33. The van der Waals surface area contributed by atoms with E-state index in [0.29, 0.717) is 6.42 Å². The van der Waals surface area contributed by atoms with Crippen LogP contribution < -0.4 is 5.32 Å². The van der Waals surface area contributed by atoms with Crippen LogP contribution in [0.1, 0.15) is 38.6 Å². The highest BCUT2D eigenvalue weighted by Gasteiger charge is 2.29. The molecule has 1 aliphatic carbocycles. The lowest BCUT2D eigenvalue weighted by molar-refractivity contribution is -0.121. The number of rotatable bonds is 5. The van der Waals surface area contributed by atoms with E-state index >= 15 is 0 Å². The molecule has 0 radical (unpaired) electrons. The summed E-state index contributed by atoms with van der Waals surface area (Å²) in [5, 5.41) is 12.8. The number of nitrogens with zero attached hydrogens (tertiary/aromatic N) is 5. The van der Waals surface area contributed by atoms with Gasteiger partial charge in [0, 0.05) is 48.5 Å². The zero-order valence-corrected chi connectivity index (χ0v) is 17.8. The number of carbonyl (C=O) groups excluding carboxylic acids is 1. The van der Waals surface area contributed by atoms with Gasteiger partial charge in [-0.15, -0.1) is 5.10 Å². The lowest BCUT2D eigenvalue weighted by Gasteiger charge is -2.15. The maximum atomic E-state index is 11.7. The van der Waals surface area contributed by atoms with Crippen molar-refractivity contribution in [2.24, 2.45) is 7.05 Å². The summed E-state index contributed by atoms with van der Waals surface area (Å²) in [6.45, 7) is 1.88. The summed E-state index contributed by atoms with van der Waals surface area (Å²) in [4.78, 5) is 16.4. The second kappa shape index (κ2) is 7.98. The average Bonchev–Trinajstić information content (AvgIpc) is 3.54. The van der Waals surface area contributed by atoms with Crippen LogP contribution in [0, 0.1) is 0 Å². The summed E-state index contributed by atoms with van der Waals surface area (Å²) < 4.78 is 4.11. The predicted molar refractivity (Wildman–Crippen MR) is 120 cm³/mol. The molecule has 1 saturated carbocycles. The highest BCUT2D eigenvalue weighted by molar-refractivity contribution is 5.85. The van der Waals surface area contributed by atoms with Crippen LogP contribution in [0.4, 0.5) is 0 Å². The van der Waals surface area contributed by atoms with E-state index in [1.807, 2.05) is 17.8 Å². The molecular formula is C24H26N6O. The van der Waals surface area contributed by atoms with Crippen LogP contribution in [0.5, 0.6) is 0 Å². The first kappa shape index (κ1) is 19.5. The third-order valence-corrected chi connectivity index (χ3v) is 6.26. The molecule has 0 aliphatic heterocycles. The van der Waals surface area contributed by atoms with Crippen molar-refractivity contribution in [2.45, 2.75) is 44.7 Å². The van der Waals surface area contributed by atoms with Crippen LogP contribution in [-0.4, -0.2) is 36.5 Å². The molecule has 2 atom stereocenters. The minimum atomic E-state index is 0.109. The normalized spacial score (nSPS) is 18.5. The topological polar surface area (TPSA) is 77.6 Å². The van der Waals surface area contributed by atoms with E-state index in [4.69, 9.17) is 4.98 Å². The number of benzene rings is 1. The van der Waals surface area contributed by atoms with E-state index in [0.717, 1.165) is 41.8 Å². The molecule has 2 unspecified atom stereocenters. The molecule has 1 amide bonds. The molecule has 1 N–H and O–H groups in total. The number of hydrogen-bond acceptors (Lipinski definition) is 4. The molecular weight excluding hydrogens is 388 g/mol. The third-order valence-electron chi connectivity index (χ3n) is 6.26. The SMILES string of the molecule is CCC(=O)NC1CCC(n2nncc2-c2ccc(-c3ccc4ccn(C)c4c3)nc2)C1. The largest absolute Gasteiger partial charge is 0.353 e. The summed E-state index contributed by atoms with van der Waals surface area (Å²) in [7, 11) is 2.05. The average molecular weight is 415 g/mol. The molecule has 4 aromatic rings. The zero-order chi connectivity index (χ0) is 21.4. The molecule has 3 heterocycles. The summed E-state index contributed by atoms with van der Waals surface area (Å²) >= 11 is 0. The fourth-order valence-corrected chi connectivity index (χ4v) is 4.50. The van der Waals surface area contributed by atoms with Crippen molar-refractivity contribution in [3.05, 3.63) is 55.0 Å². The smallest absolute Gasteiger partial charge is 0.219 e. The molecule has 1 aromatic carbocycles. The lowest BCUT2D eigenvalue weighted by atomic mass is 10.1. The van der Waals surface area contributed by atoms with Crippen molar-refractivity contribution >= 4 is 16.8 Å². The molecule has 1 fully saturated rings. The van der Waals surface area contributed by atoms with Crippen LogP contribution in [0.25, 0.3) is 33.4 Å². The van der Waals surface area contributed by atoms with Gasteiger partial charge in [0.15, 0.2) is 0 Å². The molecule has 7 nitrogen and oxygen atoms in total. The Kier molecular flexibility index (Phi) is 5.02. The molecule has 158 valence electrons. The molecule has 5 rings (SSSR count).